The molecule has 15 heavy (non-hydrogen) atoms. The summed E-state index contributed by atoms with van der Waals surface area (Å²) < 4.78 is 5.23. The van der Waals surface area contributed by atoms with Crippen LogP contribution in [0.2, 0.25) is 0 Å². The Morgan fingerprint density at radius 1 is 1.67 bits per heavy atom. The van der Waals surface area contributed by atoms with Gasteiger partial charge in [-0.2, -0.15) is 0 Å². The van der Waals surface area contributed by atoms with E-state index in [1.54, 1.807) is 6.26 Å². The van der Waals surface area contributed by atoms with Crippen LogP contribution in [0.1, 0.15) is 31.6 Å². The first-order chi connectivity index (χ1) is 7.25. The van der Waals surface area contributed by atoms with Crippen LogP contribution in [-0.2, 0) is 4.79 Å². The standard InChI is InChI=1S/C11H16N2O2/c1-8(10-3-2-6-15-10)12-7-11(14)13-9-4-5-9/h2-3,6,8-9,12H,4-5,7H2,1H3,(H,13,14)/t8-/m0/s1. The Balaban J connectivity index is 1.70. The molecule has 1 aliphatic carbocycles. The van der Waals surface area contributed by atoms with Crippen molar-refractivity contribution in [3.05, 3.63) is 24.2 Å². The molecule has 82 valence electrons. The van der Waals surface area contributed by atoms with Gasteiger partial charge in [-0.1, -0.05) is 0 Å². The van der Waals surface area contributed by atoms with Gasteiger partial charge < -0.3 is 9.73 Å². The lowest BCUT2D eigenvalue weighted by atomic mass is 10.2. The van der Waals surface area contributed by atoms with Gasteiger partial charge in [0, 0.05) is 6.04 Å². The first-order valence-electron chi connectivity index (χ1n) is 5.32. The maximum Gasteiger partial charge on any atom is 0.234 e. The molecule has 1 aliphatic rings. The highest BCUT2D eigenvalue weighted by molar-refractivity contribution is 5.78. The lowest BCUT2D eigenvalue weighted by molar-refractivity contribution is -0.120. The summed E-state index contributed by atoms with van der Waals surface area (Å²) in [7, 11) is 0. The van der Waals surface area contributed by atoms with Crippen molar-refractivity contribution in [3.8, 4) is 0 Å². The Hall–Kier alpha value is -1.29. The van der Waals surface area contributed by atoms with Gasteiger partial charge in [0.05, 0.1) is 18.8 Å². The molecule has 0 aliphatic heterocycles. The van der Waals surface area contributed by atoms with E-state index in [0.29, 0.717) is 12.6 Å². The van der Waals surface area contributed by atoms with Crippen molar-refractivity contribution in [1.29, 1.82) is 0 Å². The Kier molecular flexibility index (Phi) is 3.06. The molecule has 0 aromatic carbocycles. The van der Waals surface area contributed by atoms with Gasteiger partial charge in [0.15, 0.2) is 0 Å². The van der Waals surface area contributed by atoms with Crippen molar-refractivity contribution in [2.45, 2.75) is 31.8 Å². The van der Waals surface area contributed by atoms with E-state index in [4.69, 9.17) is 4.42 Å². The average molecular weight is 208 g/mol. The van der Waals surface area contributed by atoms with Gasteiger partial charge in [-0.15, -0.1) is 0 Å². The van der Waals surface area contributed by atoms with E-state index in [9.17, 15) is 4.79 Å². The predicted octanol–water partition coefficient (Wildman–Crippen LogP) is 1.21. The molecule has 2 N–H and O–H groups in total. The highest BCUT2D eigenvalue weighted by Crippen LogP contribution is 2.18. The molecule has 1 aromatic rings. The van der Waals surface area contributed by atoms with Crippen molar-refractivity contribution in [2.24, 2.45) is 0 Å². The predicted molar refractivity (Wildman–Crippen MR) is 56.3 cm³/mol. The normalized spacial score (nSPS) is 17.4. The zero-order valence-electron chi connectivity index (χ0n) is 8.82. The summed E-state index contributed by atoms with van der Waals surface area (Å²) in [6, 6.07) is 4.25. The smallest absolute Gasteiger partial charge is 0.234 e. The fourth-order valence-electron chi connectivity index (χ4n) is 1.39. The third kappa shape index (κ3) is 3.09. The van der Waals surface area contributed by atoms with E-state index < -0.39 is 0 Å². The topological polar surface area (TPSA) is 54.3 Å². The number of hydrogen-bond donors (Lipinski definition) is 2. The minimum absolute atomic E-state index is 0.0657. The zero-order chi connectivity index (χ0) is 10.7. The molecule has 1 fully saturated rings. The van der Waals surface area contributed by atoms with Crippen molar-refractivity contribution in [2.75, 3.05) is 6.54 Å². The fraction of sp³-hybridized carbons (Fsp3) is 0.545. The first kappa shape index (κ1) is 10.2. The molecule has 1 atom stereocenters. The number of rotatable bonds is 5. The van der Waals surface area contributed by atoms with Crippen LogP contribution in [0.3, 0.4) is 0 Å². The monoisotopic (exact) mass is 208 g/mol. The lowest BCUT2D eigenvalue weighted by Gasteiger charge is -2.10. The molecule has 0 radical (unpaired) electrons. The van der Waals surface area contributed by atoms with Crippen LogP contribution in [0, 0.1) is 0 Å². The van der Waals surface area contributed by atoms with E-state index in [0.717, 1.165) is 18.6 Å². The van der Waals surface area contributed by atoms with Crippen molar-refractivity contribution in [3.63, 3.8) is 0 Å². The van der Waals surface area contributed by atoms with Gasteiger partial charge in [0.2, 0.25) is 5.91 Å². The number of carbonyl (C=O) groups excluding carboxylic acids is 1. The molecule has 4 nitrogen and oxygen atoms in total. The van der Waals surface area contributed by atoms with Gasteiger partial charge >= 0.3 is 0 Å². The van der Waals surface area contributed by atoms with Crippen LogP contribution in [0.4, 0.5) is 0 Å². The largest absolute Gasteiger partial charge is 0.468 e. The molecule has 0 unspecified atom stereocenters. The SMILES string of the molecule is C[C@H](NCC(=O)NC1CC1)c1ccco1. The molecular formula is C11H16N2O2. The number of nitrogens with one attached hydrogen (secondary N) is 2. The van der Waals surface area contributed by atoms with E-state index in [1.165, 1.54) is 0 Å². The summed E-state index contributed by atoms with van der Waals surface area (Å²) >= 11 is 0. The van der Waals surface area contributed by atoms with E-state index in [1.807, 2.05) is 19.1 Å². The van der Waals surface area contributed by atoms with Gasteiger partial charge in [0.1, 0.15) is 5.76 Å². The van der Waals surface area contributed by atoms with Crippen molar-refractivity contribution < 1.29 is 9.21 Å². The summed E-state index contributed by atoms with van der Waals surface area (Å²) in [6.45, 7) is 2.32. The van der Waals surface area contributed by atoms with E-state index in [-0.39, 0.29) is 11.9 Å². The van der Waals surface area contributed by atoms with Crippen LogP contribution >= 0.6 is 0 Å². The molecule has 1 heterocycles. The maximum absolute atomic E-state index is 11.4. The Bertz CT molecular complexity index is 317. The molecule has 1 saturated carbocycles. The molecule has 4 heteroatoms. The van der Waals surface area contributed by atoms with Crippen LogP contribution in [-0.4, -0.2) is 18.5 Å². The number of carbonyl (C=O) groups is 1. The number of hydrogen-bond acceptors (Lipinski definition) is 3. The van der Waals surface area contributed by atoms with Gasteiger partial charge in [-0.25, -0.2) is 0 Å². The molecule has 0 bridgehead atoms. The fourth-order valence-corrected chi connectivity index (χ4v) is 1.39. The minimum Gasteiger partial charge on any atom is -0.468 e. The third-order valence-corrected chi connectivity index (χ3v) is 2.48. The van der Waals surface area contributed by atoms with Gasteiger partial charge in [-0.05, 0) is 31.9 Å². The van der Waals surface area contributed by atoms with Crippen LogP contribution in [0.5, 0.6) is 0 Å². The zero-order valence-corrected chi connectivity index (χ0v) is 8.82. The van der Waals surface area contributed by atoms with E-state index in [2.05, 4.69) is 10.6 Å². The molecule has 0 saturated heterocycles. The minimum atomic E-state index is 0.0657. The number of amides is 1. The highest BCUT2D eigenvalue weighted by Gasteiger charge is 2.23. The Morgan fingerprint density at radius 3 is 3.07 bits per heavy atom. The van der Waals surface area contributed by atoms with Crippen LogP contribution < -0.4 is 10.6 Å². The second-order valence-corrected chi connectivity index (χ2v) is 3.96. The van der Waals surface area contributed by atoms with Crippen molar-refractivity contribution >= 4 is 5.91 Å². The highest BCUT2D eigenvalue weighted by atomic mass is 16.3. The molecule has 2 rings (SSSR count). The Morgan fingerprint density at radius 2 is 2.47 bits per heavy atom. The molecule has 0 spiro atoms. The summed E-state index contributed by atoms with van der Waals surface area (Å²) in [5.41, 5.74) is 0. The summed E-state index contributed by atoms with van der Waals surface area (Å²) in [5.74, 6) is 0.921. The van der Waals surface area contributed by atoms with Gasteiger partial charge in [0.25, 0.3) is 0 Å². The first-order valence-corrected chi connectivity index (χ1v) is 5.32. The summed E-state index contributed by atoms with van der Waals surface area (Å²) in [5, 5.41) is 6.03. The third-order valence-electron chi connectivity index (χ3n) is 2.48. The van der Waals surface area contributed by atoms with Gasteiger partial charge in [-0.3, -0.25) is 10.1 Å². The Labute approximate surface area is 89.0 Å². The molecule has 1 amide bonds. The quantitative estimate of drug-likeness (QED) is 0.764. The average Bonchev–Trinajstić information content (AvgIpc) is 2.86. The second kappa shape index (κ2) is 4.49. The molecule has 1 aromatic heterocycles. The maximum atomic E-state index is 11.4. The van der Waals surface area contributed by atoms with Crippen LogP contribution in [0.15, 0.2) is 22.8 Å². The second-order valence-electron chi connectivity index (χ2n) is 3.96. The van der Waals surface area contributed by atoms with E-state index >= 15 is 0 Å². The molecular weight excluding hydrogens is 192 g/mol. The lowest BCUT2D eigenvalue weighted by Crippen LogP contribution is -2.36. The van der Waals surface area contributed by atoms with Crippen molar-refractivity contribution in [1.82, 2.24) is 10.6 Å². The summed E-state index contributed by atoms with van der Waals surface area (Å²) in [6.07, 6.45) is 3.89. The van der Waals surface area contributed by atoms with Crippen LogP contribution in [0.25, 0.3) is 0 Å². The summed E-state index contributed by atoms with van der Waals surface area (Å²) in [4.78, 5) is 11.4. The number of furan rings is 1.